The summed E-state index contributed by atoms with van der Waals surface area (Å²) in [5.41, 5.74) is 0. The van der Waals surface area contributed by atoms with Gasteiger partial charge in [-0.25, -0.2) is 4.79 Å². The highest BCUT2D eigenvalue weighted by Crippen LogP contribution is 2.13. The van der Waals surface area contributed by atoms with Crippen LogP contribution in [0.3, 0.4) is 0 Å². The minimum atomic E-state index is -0.0826. The Hall–Kier alpha value is -1.75. The lowest BCUT2D eigenvalue weighted by Gasteiger charge is -2.27. The number of para-hydroxylation sites is 1. The van der Waals surface area contributed by atoms with E-state index in [4.69, 9.17) is 9.47 Å². The zero-order valence-electron chi connectivity index (χ0n) is 12.6. The molecule has 0 bridgehead atoms. The number of benzene rings is 1. The first-order valence-electron chi connectivity index (χ1n) is 7.54. The minimum Gasteiger partial charge on any atom is -0.492 e. The molecule has 21 heavy (non-hydrogen) atoms. The molecule has 1 atom stereocenters. The topological polar surface area (TPSA) is 50.8 Å². The SMILES string of the molecule is CN(CC1CCCCO1)C(=O)NCCOc1ccccc1. The van der Waals surface area contributed by atoms with Gasteiger partial charge >= 0.3 is 6.03 Å². The molecule has 1 aromatic carbocycles. The van der Waals surface area contributed by atoms with E-state index < -0.39 is 0 Å². The third kappa shape index (κ3) is 5.63. The van der Waals surface area contributed by atoms with Crippen LogP contribution < -0.4 is 10.1 Å². The minimum absolute atomic E-state index is 0.0826. The molecule has 0 spiro atoms. The summed E-state index contributed by atoms with van der Waals surface area (Å²) < 4.78 is 11.2. The Morgan fingerprint density at radius 2 is 2.19 bits per heavy atom. The average molecular weight is 292 g/mol. The second kappa shape index (κ2) is 8.52. The number of carbonyl (C=O) groups excluding carboxylic acids is 1. The van der Waals surface area contributed by atoms with E-state index in [0.717, 1.165) is 25.2 Å². The first-order valence-corrected chi connectivity index (χ1v) is 7.54. The molecule has 0 aliphatic carbocycles. The lowest BCUT2D eigenvalue weighted by molar-refractivity contribution is 0.00384. The quantitative estimate of drug-likeness (QED) is 0.818. The molecule has 1 heterocycles. The maximum atomic E-state index is 11.9. The Balaban J connectivity index is 1.60. The monoisotopic (exact) mass is 292 g/mol. The average Bonchev–Trinajstić information content (AvgIpc) is 2.53. The largest absolute Gasteiger partial charge is 0.492 e. The highest BCUT2D eigenvalue weighted by Gasteiger charge is 2.18. The van der Waals surface area contributed by atoms with E-state index in [9.17, 15) is 4.79 Å². The van der Waals surface area contributed by atoms with Gasteiger partial charge < -0.3 is 19.7 Å². The fourth-order valence-corrected chi connectivity index (χ4v) is 2.32. The van der Waals surface area contributed by atoms with Crippen molar-refractivity contribution in [2.24, 2.45) is 0 Å². The Labute approximate surface area is 126 Å². The summed E-state index contributed by atoms with van der Waals surface area (Å²) in [5.74, 6) is 0.815. The van der Waals surface area contributed by atoms with Gasteiger partial charge in [0.05, 0.1) is 12.6 Å². The van der Waals surface area contributed by atoms with Crippen molar-refractivity contribution in [3.8, 4) is 5.75 Å². The number of likely N-dealkylation sites (N-methyl/N-ethyl adjacent to an activating group) is 1. The van der Waals surface area contributed by atoms with Crippen LogP contribution in [0.5, 0.6) is 5.75 Å². The van der Waals surface area contributed by atoms with Crippen molar-refractivity contribution in [3.63, 3.8) is 0 Å². The number of ether oxygens (including phenoxy) is 2. The van der Waals surface area contributed by atoms with Crippen molar-refractivity contribution in [1.82, 2.24) is 10.2 Å². The van der Waals surface area contributed by atoms with Crippen molar-refractivity contribution in [1.29, 1.82) is 0 Å². The molecule has 1 fully saturated rings. The van der Waals surface area contributed by atoms with E-state index in [1.54, 1.807) is 11.9 Å². The molecule has 1 aliphatic heterocycles. The van der Waals surface area contributed by atoms with E-state index in [2.05, 4.69) is 5.32 Å². The first kappa shape index (κ1) is 15.6. The lowest BCUT2D eigenvalue weighted by Crippen LogP contribution is -2.43. The van der Waals surface area contributed by atoms with Crippen LogP contribution in [-0.4, -0.2) is 50.4 Å². The van der Waals surface area contributed by atoms with Gasteiger partial charge in [0.2, 0.25) is 0 Å². The number of amides is 2. The van der Waals surface area contributed by atoms with Gasteiger partial charge in [-0.3, -0.25) is 0 Å². The summed E-state index contributed by atoms with van der Waals surface area (Å²) in [7, 11) is 1.80. The van der Waals surface area contributed by atoms with Crippen molar-refractivity contribution < 1.29 is 14.3 Å². The first-order chi connectivity index (χ1) is 10.3. The maximum Gasteiger partial charge on any atom is 0.317 e. The molecular weight excluding hydrogens is 268 g/mol. The van der Waals surface area contributed by atoms with Crippen LogP contribution in [0.2, 0.25) is 0 Å². The van der Waals surface area contributed by atoms with Crippen molar-refractivity contribution in [2.75, 3.05) is 33.4 Å². The predicted octanol–water partition coefficient (Wildman–Crippen LogP) is 2.28. The van der Waals surface area contributed by atoms with E-state index in [1.165, 1.54) is 6.42 Å². The highest BCUT2D eigenvalue weighted by atomic mass is 16.5. The van der Waals surface area contributed by atoms with Gasteiger partial charge in [0, 0.05) is 20.2 Å². The van der Waals surface area contributed by atoms with Crippen molar-refractivity contribution in [3.05, 3.63) is 30.3 Å². The third-order valence-electron chi connectivity index (χ3n) is 3.49. The normalized spacial score (nSPS) is 18.0. The van der Waals surface area contributed by atoms with Gasteiger partial charge in [-0.1, -0.05) is 18.2 Å². The number of carbonyl (C=O) groups is 1. The zero-order valence-corrected chi connectivity index (χ0v) is 12.6. The van der Waals surface area contributed by atoms with Gasteiger partial charge in [-0.2, -0.15) is 0 Å². The number of nitrogens with zero attached hydrogens (tertiary/aromatic N) is 1. The summed E-state index contributed by atoms with van der Waals surface area (Å²) in [6.07, 6.45) is 3.53. The molecule has 1 aliphatic rings. The van der Waals surface area contributed by atoms with Crippen LogP contribution in [0.15, 0.2) is 30.3 Å². The number of hydrogen-bond donors (Lipinski definition) is 1. The molecule has 0 radical (unpaired) electrons. The van der Waals surface area contributed by atoms with Crippen molar-refractivity contribution in [2.45, 2.75) is 25.4 Å². The van der Waals surface area contributed by atoms with E-state index in [1.807, 2.05) is 30.3 Å². The molecule has 5 heteroatoms. The maximum absolute atomic E-state index is 11.9. The number of nitrogens with one attached hydrogen (secondary N) is 1. The standard InChI is InChI=1S/C16H24N2O3/c1-18(13-15-9-5-6-11-20-15)16(19)17-10-12-21-14-7-3-2-4-8-14/h2-4,7-8,15H,5-6,9-13H2,1H3,(H,17,19). The Morgan fingerprint density at radius 3 is 2.90 bits per heavy atom. The molecule has 1 aromatic rings. The summed E-state index contributed by atoms with van der Waals surface area (Å²) >= 11 is 0. The molecule has 2 rings (SSSR count). The summed E-state index contributed by atoms with van der Waals surface area (Å²) in [4.78, 5) is 13.6. The molecule has 0 aromatic heterocycles. The molecule has 1 N–H and O–H groups in total. The van der Waals surface area contributed by atoms with Crippen LogP contribution in [0, 0.1) is 0 Å². The molecule has 1 saturated heterocycles. The second-order valence-corrected chi connectivity index (χ2v) is 5.26. The molecule has 5 nitrogen and oxygen atoms in total. The summed E-state index contributed by atoms with van der Waals surface area (Å²) in [6.45, 7) is 2.41. The van der Waals surface area contributed by atoms with Crippen LogP contribution in [0.25, 0.3) is 0 Å². The fraction of sp³-hybridized carbons (Fsp3) is 0.562. The Bertz CT molecular complexity index is 419. The lowest BCUT2D eigenvalue weighted by atomic mass is 10.1. The number of urea groups is 1. The molecular formula is C16H24N2O3. The Morgan fingerprint density at radius 1 is 1.38 bits per heavy atom. The number of rotatable bonds is 6. The van der Waals surface area contributed by atoms with Crippen LogP contribution in [0.1, 0.15) is 19.3 Å². The molecule has 116 valence electrons. The van der Waals surface area contributed by atoms with Gasteiger partial charge in [-0.05, 0) is 31.4 Å². The number of hydrogen-bond acceptors (Lipinski definition) is 3. The van der Waals surface area contributed by atoms with E-state index >= 15 is 0 Å². The van der Waals surface area contributed by atoms with E-state index in [-0.39, 0.29) is 12.1 Å². The van der Waals surface area contributed by atoms with Gasteiger partial charge in [-0.15, -0.1) is 0 Å². The second-order valence-electron chi connectivity index (χ2n) is 5.26. The highest BCUT2D eigenvalue weighted by molar-refractivity contribution is 5.73. The summed E-state index contributed by atoms with van der Waals surface area (Å²) in [6, 6.07) is 9.50. The van der Waals surface area contributed by atoms with Crippen LogP contribution in [0.4, 0.5) is 4.79 Å². The van der Waals surface area contributed by atoms with Gasteiger partial charge in [0.1, 0.15) is 12.4 Å². The molecule has 0 saturated carbocycles. The van der Waals surface area contributed by atoms with Gasteiger partial charge in [0.15, 0.2) is 0 Å². The summed E-state index contributed by atoms with van der Waals surface area (Å²) in [5, 5.41) is 2.85. The van der Waals surface area contributed by atoms with Crippen molar-refractivity contribution >= 4 is 6.03 Å². The van der Waals surface area contributed by atoms with E-state index in [0.29, 0.717) is 19.7 Å². The third-order valence-corrected chi connectivity index (χ3v) is 3.49. The smallest absolute Gasteiger partial charge is 0.317 e. The Kier molecular flexibility index (Phi) is 6.34. The fourth-order valence-electron chi connectivity index (χ4n) is 2.32. The molecule has 2 amide bonds. The molecule has 1 unspecified atom stereocenters. The van der Waals surface area contributed by atoms with Crippen LogP contribution >= 0.6 is 0 Å². The van der Waals surface area contributed by atoms with Crippen LogP contribution in [-0.2, 0) is 4.74 Å². The van der Waals surface area contributed by atoms with Gasteiger partial charge in [0.25, 0.3) is 0 Å². The zero-order chi connectivity index (χ0) is 14.9. The predicted molar refractivity (Wildman–Crippen MR) is 81.6 cm³/mol.